The first-order valence-electron chi connectivity index (χ1n) is 15.4. The third-order valence-corrected chi connectivity index (χ3v) is 10.8. The largest absolute Gasteiger partial charge is 0.495 e. The van der Waals surface area contributed by atoms with Gasteiger partial charge in [-0.25, -0.2) is 0 Å². The van der Waals surface area contributed by atoms with Crippen molar-refractivity contribution in [2.45, 2.75) is 114 Å². The van der Waals surface area contributed by atoms with Crippen LogP contribution in [0.15, 0.2) is 41.4 Å². The van der Waals surface area contributed by atoms with Gasteiger partial charge in [-0.2, -0.15) is 0 Å². The monoisotopic (exact) mass is 525 g/mol. The molecule has 3 heterocycles. The topological polar surface area (TPSA) is 54.9 Å². The van der Waals surface area contributed by atoms with Crippen LogP contribution in [0.5, 0.6) is 0 Å². The van der Waals surface area contributed by atoms with Crippen molar-refractivity contribution in [1.82, 2.24) is 10.6 Å². The van der Waals surface area contributed by atoms with Crippen LogP contribution in [0, 0.1) is 0 Å². The molecule has 206 valence electrons. The Kier molecular flexibility index (Phi) is 6.35. The lowest BCUT2D eigenvalue weighted by Gasteiger charge is -2.32. The van der Waals surface area contributed by atoms with Crippen LogP contribution in [0.25, 0.3) is 11.1 Å². The quantitative estimate of drug-likeness (QED) is 0.534. The van der Waals surface area contributed by atoms with Crippen LogP contribution in [0.2, 0.25) is 0 Å². The highest BCUT2D eigenvalue weighted by Crippen LogP contribution is 2.53. The molecule has 2 aliphatic carbocycles. The Hall–Kier alpha value is -1.99. The van der Waals surface area contributed by atoms with Crippen LogP contribution in [0.1, 0.15) is 95.8 Å². The Bertz CT molecular complexity index is 1260. The third-order valence-electron chi connectivity index (χ3n) is 10.8. The molecule has 6 heteroatoms. The fourth-order valence-electron chi connectivity index (χ4n) is 7.87. The van der Waals surface area contributed by atoms with Crippen molar-refractivity contribution in [3.8, 4) is 11.1 Å². The second-order valence-corrected chi connectivity index (χ2v) is 13.7. The van der Waals surface area contributed by atoms with Gasteiger partial charge in [0, 0.05) is 12.6 Å². The number of hydrogen-bond donors (Lipinski definition) is 2. The van der Waals surface area contributed by atoms with Crippen molar-refractivity contribution in [3.63, 3.8) is 0 Å². The molecular weight excluding hydrogens is 481 g/mol. The molecule has 3 fully saturated rings. The van der Waals surface area contributed by atoms with Gasteiger partial charge in [-0.05, 0) is 111 Å². The van der Waals surface area contributed by atoms with Gasteiger partial charge in [0.15, 0.2) is 0 Å². The van der Waals surface area contributed by atoms with Crippen LogP contribution >= 0.6 is 0 Å². The maximum absolute atomic E-state index is 6.55. The number of nitrogens with zero attached hydrogens (tertiary/aromatic N) is 1. The summed E-state index contributed by atoms with van der Waals surface area (Å²) in [5.41, 5.74) is 9.14. The number of benzene rings is 2. The van der Waals surface area contributed by atoms with E-state index in [9.17, 15) is 0 Å². The zero-order chi connectivity index (χ0) is 26.8. The SMILES string of the molecule is CC1(C)OB(c2ccc(-c3ccc(C4=NC(C5CCCCN5)NC4)cc3)c3c2CCC32CCCC2)OC1(C)C. The van der Waals surface area contributed by atoms with Crippen LogP contribution in [-0.2, 0) is 21.1 Å². The molecule has 0 bridgehead atoms. The molecule has 2 saturated heterocycles. The van der Waals surface area contributed by atoms with E-state index in [0.29, 0.717) is 11.5 Å². The van der Waals surface area contributed by atoms with E-state index in [0.717, 1.165) is 19.5 Å². The van der Waals surface area contributed by atoms with Gasteiger partial charge in [0.2, 0.25) is 0 Å². The van der Waals surface area contributed by atoms with Crippen LogP contribution in [0.3, 0.4) is 0 Å². The number of aliphatic imine (C=N–C) groups is 1. The highest BCUT2D eigenvalue weighted by Gasteiger charge is 2.53. The van der Waals surface area contributed by atoms with Crippen molar-refractivity contribution >= 4 is 18.3 Å². The van der Waals surface area contributed by atoms with E-state index in [2.05, 4.69) is 74.7 Å². The molecule has 1 saturated carbocycles. The normalized spacial score (nSPS) is 28.7. The highest BCUT2D eigenvalue weighted by atomic mass is 16.7. The predicted molar refractivity (Wildman–Crippen MR) is 160 cm³/mol. The van der Waals surface area contributed by atoms with Crippen molar-refractivity contribution in [2.75, 3.05) is 13.1 Å². The summed E-state index contributed by atoms with van der Waals surface area (Å²) in [6.07, 6.45) is 11.6. The maximum Gasteiger partial charge on any atom is 0.495 e. The molecule has 2 N–H and O–H groups in total. The summed E-state index contributed by atoms with van der Waals surface area (Å²) in [6.45, 7) is 10.6. The summed E-state index contributed by atoms with van der Waals surface area (Å²) in [5, 5.41) is 7.30. The lowest BCUT2D eigenvalue weighted by atomic mass is 9.70. The van der Waals surface area contributed by atoms with E-state index < -0.39 is 0 Å². The Labute approximate surface area is 234 Å². The molecule has 5 aliphatic rings. The van der Waals surface area contributed by atoms with Gasteiger partial charge in [-0.15, -0.1) is 0 Å². The van der Waals surface area contributed by atoms with Gasteiger partial charge in [0.1, 0.15) is 6.17 Å². The molecule has 3 aliphatic heterocycles. The smallest absolute Gasteiger partial charge is 0.399 e. The summed E-state index contributed by atoms with van der Waals surface area (Å²) in [5.74, 6) is 0. The first kappa shape index (κ1) is 25.9. The van der Waals surface area contributed by atoms with Gasteiger partial charge in [0.25, 0.3) is 0 Å². The Morgan fingerprint density at radius 1 is 0.821 bits per heavy atom. The fraction of sp³-hybridized carbons (Fsp3) is 0.606. The molecule has 0 radical (unpaired) electrons. The molecule has 2 unspecified atom stereocenters. The van der Waals surface area contributed by atoms with Crippen molar-refractivity contribution in [1.29, 1.82) is 0 Å². The van der Waals surface area contributed by atoms with Crippen molar-refractivity contribution in [2.24, 2.45) is 4.99 Å². The van der Waals surface area contributed by atoms with Crippen molar-refractivity contribution < 1.29 is 9.31 Å². The molecule has 0 aromatic heterocycles. The number of rotatable bonds is 4. The fourth-order valence-corrected chi connectivity index (χ4v) is 7.87. The lowest BCUT2D eigenvalue weighted by Crippen LogP contribution is -2.47. The van der Waals surface area contributed by atoms with E-state index in [1.54, 1.807) is 5.56 Å². The zero-order valence-corrected chi connectivity index (χ0v) is 24.2. The van der Waals surface area contributed by atoms with Crippen LogP contribution in [-0.4, -0.2) is 49.3 Å². The number of nitrogens with one attached hydrogen (secondary N) is 2. The minimum absolute atomic E-state index is 0.202. The minimum atomic E-state index is -0.327. The number of fused-ring (bicyclic) bond motifs is 2. The average Bonchev–Trinajstić information content (AvgIpc) is 3.72. The number of piperidine rings is 1. The molecule has 2 aromatic rings. The van der Waals surface area contributed by atoms with E-state index in [1.165, 1.54) is 84.8 Å². The molecule has 2 atom stereocenters. The summed E-state index contributed by atoms with van der Waals surface area (Å²) < 4.78 is 13.1. The third kappa shape index (κ3) is 4.34. The summed E-state index contributed by atoms with van der Waals surface area (Å²) >= 11 is 0. The minimum Gasteiger partial charge on any atom is -0.399 e. The van der Waals surface area contributed by atoms with Gasteiger partial charge in [0.05, 0.1) is 16.9 Å². The van der Waals surface area contributed by atoms with Crippen LogP contribution < -0.4 is 16.1 Å². The molecule has 7 rings (SSSR count). The molecule has 39 heavy (non-hydrogen) atoms. The molecule has 0 amide bonds. The summed E-state index contributed by atoms with van der Waals surface area (Å²) in [6, 6.07) is 14.4. The van der Waals surface area contributed by atoms with E-state index in [4.69, 9.17) is 14.3 Å². The standard InChI is InChI=1S/C33H44BN3O2/c1-31(2)32(3,4)39-34(38-31)26-15-14-24(29-25(26)16-19-33(29)17-6-7-18-33)22-10-12-23(13-11-22)28-21-36-30(37-28)27-9-5-8-20-35-27/h10-15,27,30,35-36H,5-9,16-21H2,1-4H3. The first-order chi connectivity index (χ1) is 18.8. The Balaban J connectivity index is 1.21. The van der Waals surface area contributed by atoms with Gasteiger partial charge in [-0.1, -0.05) is 55.7 Å². The number of hydrogen-bond acceptors (Lipinski definition) is 5. The van der Waals surface area contributed by atoms with Gasteiger partial charge >= 0.3 is 7.12 Å². The second kappa shape index (κ2) is 9.55. The molecule has 2 aromatic carbocycles. The summed E-state index contributed by atoms with van der Waals surface area (Å²) in [7, 11) is -0.295. The van der Waals surface area contributed by atoms with Gasteiger partial charge < -0.3 is 14.6 Å². The lowest BCUT2D eigenvalue weighted by molar-refractivity contribution is 0.00578. The van der Waals surface area contributed by atoms with E-state index in [1.807, 2.05) is 0 Å². The Morgan fingerprint density at radius 3 is 2.23 bits per heavy atom. The van der Waals surface area contributed by atoms with Gasteiger partial charge in [-0.3, -0.25) is 10.3 Å². The van der Waals surface area contributed by atoms with E-state index >= 15 is 0 Å². The second-order valence-electron chi connectivity index (χ2n) is 13.7. The molecular formula is C33H44BN3O2. The highest BCUT2D eigenvalue weighted by molar-refractivity contribution is 6.62. The maximum atomic E-state index is 6.55. The van der Waals surface area contributed by atoms with E-state index in [-0.39, 0.29) is 24.5 Å². The Morgan fingerprint density at radius 2 is 1.54 bits per heavy atom. The predicted octanol–water partition coefficient (Wildman–Crippen LogP) is 5.27. The molecule has 5 nitrogen and oxygen atoms in total. The van der Waals surface area contributed by atoms with Crippen LogP contribution in [0.4, 0.5) is 0 Å². The van der Waals surface area contributed by atoms with Crippen molar-refractivity contribution in [3.05, 3.63) is 53.1 Å². The molecule has 1 spiro atoms. The average molecular weight is 526 g/mol. The first-order valence-corrected chi connectivity index (χ1v) is 15.4. The summed E-state index contributed by atoms with van der Waals surface area (Å²) in [4.78, 5) is 5.09. The zero-order valence-electron chi connectivity index (χ0n) is 24.2.